The Bertz CT molecular complexity index is 1010. The molecular formula is C16H13ClN4S. The topological polar surface area (TPSA) is 43.1 Å². The third-order valence-electron chi connectivity index (χ3n) is 3.94. The molecule has 4 aromatic rings. The molecule has 0 spiro atoms. The number of aromatic nitrogens is 4. The van der Waals surface area contributed by atoms with Crippen LogP contribution >= 0.6 is 22.9 Å². The van der Waals surface area contributed by atoms with Crippen LogP contribution in [0.1, 0.15) is 16.3 Å². The summed E-state index contributed by atoms with van der Waals surface area (Å²) >= 11 is 7.76. The average Bonchev–Trinajstić information content (AvgIpc) is 3.01. The lowest BCUT2D eigenvalue weighted by Crippen LogP contribution is -1.95. The standard InChI is InChI=1S/C16H13ClN4S/c1-8-9(2)22-15-13(8)14(11-4-6-12(17)7-5-11)18-16-20-19-10(3)21(15)16/h4-7H,1-3H3. The summed E-state index contributed by atoms with van der Waals surface area (Å²) in [6.07, 6.45) is 0. The molecule has 3 heterocycles. The van der Waals surface area contributed by atoms with Crippen molar-refractivity contribution in [2.45, 2.75) is 20.8 Å². The number of rotatable bonds is 1. The second kappa shape index (κ2) is 4.76. The van der Waals surface area contributed by atoms with Gasteiger partial charge in [0.25, 0.3) is 5.78 Å². The Labute approximate surface area is 136 Å². The number of aryl methyl sites for hydroxylation is 3. The van der Waals surface area contributed by atoms with E-state index in [0.29, 0.717) is 5.78 Å². The van der Waals surface area contributed by atoms with Crippen LogP contribution in [0.5, 0.6) is 0 Å². The number of nitrogens with zero attached hydrogens (tertiary/aromatic N) is 4. The van der Waals surface area contributed by atoms with E-state index in [-0.39, 0.29) is 0 Å². The lowest BCUT2D eigenvalue weighted by Gasteiger charge is -2.06. The summed E-state index contributed by atoms with van der Waals surface area (Å²) in [4.78, 5) is 7.18. The van der Waals surface area contributed by atoms with Gasteiger partial charge in [-0.25, -0.2) is 4.98 Å². The maximum atomic E-state index is 6.01. The first-order valence-corrected chi connectivity index (χ1v) is 8.13. The Kier molecular flexibility index (Phi) is 2.96. The molecule has 0 bridgehead atoms. The molecule has 0 aliphatic heterocycles. The first kappa shape index (κ1) is 13.7. The van der Waals surface area contributed by atoms with Crippen LogP contribution in [0.25, 0.3) is 27.3 Å². The van der Waals surface area contributed by atoms with Crippen LogP contribution in [0.2, 0.25) is 5.02 Å². The van der Waals surface area contributed by atoms with Crippen LogP contribution in [-0.4, -0.2) is 19.6 Å². The Morgan fingerprint density at radius 2 is 1.77 bits per heavy atom. The Balaban J connectivity index is 2.18. The highest BCUT2D eigenvalue weighted by atomic mass is 35.5. The molecule has 0 saturated carbocycles. The van der Waals surface area contributed by atoms with E-state index in [1.165, 1.54) is 15.8 Å². The average molecular weight is 329 g/mol. The van der Waals surface area contributed by atoms with Crippen LogP contribution in [0.3, 0.4) is 0 Å². The normalized spacial score (nSPS) is 11.6. The van der Waals surface area contributed by atoms with Gasteiger partial charge in [-0.05, 0) is 38.5 Å². The van der Waals surface area contributed by atoms with E-state index in [0.717, 1.165) is 26.9 Å². The largest absolute Gasteiger partial charge is 0.256 e. The zero-order chi connectivity index (χ0) is 15.4. The van der Waals surface area contributed by atoms with Crippen molar-refractivity contribution < 1.29 is 0 Å². The molecule has 110 valence electrons. The number of halogens is 1. The quantitative estimate of drug-likeness (QED) is 0.513. The molecule has 22 heavy (non-hydrogen) atoms. The van der Waals surface area contributed by atoms with Crippen molar-refractivity contribution in [1.82, 2.24) is 19.6 Å². The van der Waals surface area contributed by atoms with Crippen molar-refractivity contribution in [3.63, 3.8) is 0 Å². The van der Waals surface area contributed by atoms with Gasteiger partial charge in [0.15, 0.2) is 0 Å². The summed E-state index contributed by atoms with van der Waals surface area (Å²) in [5, 5.41) is 10.3. The van der Waals surface area contributed by atoms with Gasteiger partial charge in [-0.15, -0.1) is 21.5 Å². The van der Waals surface area contributed by atoms with E-state index >= 15 is 0 Å². The molecule has 0 amide bonds. The van der Waals surface area contributed by atoms with Gasteiger partial charge < -0.3 is 0 Å². The van der Waals surface area contributed by atoms with Crippen molar-refractivity contribution in [3.05, 3.63) is 45.6 Å². The lowest BCUT2D eigenvalue weighted by molar-refractivity contribution is 1.02. The number of hydrogen-bond acceptors (Lipinski definition) is 4. The van der Waals surface area contributed by atoms with Gasteiger partial charge in [-0.2, -0.15) is 0 Å². The molecule has 0 fully saturated rings. The Hall–Kier alpha value is -1.98. The molecule has 1 aromatic carbocycles. The molecule has 0 atom stereocenters. The van der Waals surface area contributed by atoms with Crippen molar-refractivity contribution in [2.75, 3.05) is 0 Å². The highest BCUT2D eigenvalue weighted by molar-refractivity contribution is 7.19. The van der Waals surface area contributed by atoms with Gasteiger partial charge in [-0.1, -0.05) is 23.7 Å². The summed E-state index contributed by atoms with van der Waals surface area (Å²) in [5.41, 5.74) is 3.24. The highest BCUT2D eigenvalue weighted by Crippen LogP contribution is 2.37. The van der Waals surface area contributed by atoms with Crippen LogP contribution < -0.4 is 0 Å². The molecule has 3 aromatic heterocycles. The maximum absolute atomic E-state index is 6.01. The minimum atomic E-state index is 0.635. The molecule has 6 heteroatoms. The Morgan fingerprint density at radius 3 is 2.50 bits per heavy atom. The summed E-state index contributed by atoms with van der Waals surface area (Å²) in [5.74, 6) is 1.49. The molecular weight excluding hydrogens is 316 g/mol. The predicted octanol–water partition coefficient (Wildman–Crippen LogP) is 4.58. The van der Waals surface area contributed by atoms with E-state index in [1.54, 1.807) is 11.3 Å². The fourth-order valence-electron chi connectivity index (χ4n) is 2.68. The highest BCUT2D eigenvalue weighted by Gasteiger charge is 2.18. The summed E-state index contributed by atoms with van der Waals surface area (Å²) in [7, 11) is 0. The molecule has 0 aliphatic carbocycles. The minimum absolute atomic E-state index is 0.635. The number of benzene rings is 1. The zero-order valence-corrected chi connectivity index (χ0v) is 14.0. The van der Waals surface area contributed by atoms with Crippen molar-refractivity contribution in [2.24, 2.45) is 0 Å². The number of hydrogen-bond donors (Lipinski definition) is 0. The van der Waals surface area contributed by atoms with Crippen LogP contribution in [0.15, 0.2) is 24.3 Å². The smallest absolute Gasteiger partial charge is 0.254 e. The van der Waals surface area contributed by atoms with Crippen LogP contribution in [-0.2, 0) is 0 Å². The predicted molar refractivity (Wildman–Crippen MR) is 90.8 cm³/mol. The van der Waals surface area contributed by atoms with Crippen LogP contribution in [0, 0.1) is 20.8 Å². The summed E-state index contributed by atoms with van der Waals surface area (Å²) in [6.45, 7) is 6.23. The molecule has 4 nitrogen and oxygen atoms in total. The van der Waals surface area contributed by atoms with E-state index in [9.17, 15) is 0 Å². The maximum Gasteiger partial charge on any atom is 0.256 e. The van der Waals surface area contributed by atoms with Gasteiger partial charge in [0.1, 0.15) is 10.7 Å². The zero-order valence-electron chi connectivity index (χ0n) is 12.4. The molecule has 0 radical (unpaired) electrons. The van der Waals surface area contributed by atoms with Crippen LogP contribution in [0.4, 0.5) is 0 Å². The lowest BCUT2D eigenvalue weighted by atomic mass is 10.1. The third kappa shape index (κ3) is 1.86. The molecule has 0 N–H and O–H groups in total. The van der Waals surface area contributed by atoms with Crippen molar-refractivity contribution >= 4 is 38.9 Å². The van der Waals surface area contributed by atoms with Gasteiger partial charge >= 0.3 is 0 Å². The number of thiophene rings is 1. The SMILES string of the molecule is Cc1sc2c(c(-c3ccc(Cl)cc3)nc3nnc(C)n32)c1C. The van der Waals surface area contributed by atoms with Gasteiger partial charge in [-0.3, -0.25) is 4.40 Å². The molecule has 4 rings (SSSR count). The second-order valence-corrected chi connectivity index (χ2v) is 6.95. The fraction of sp³-hybridized carbons (Fsp3) is 0.188. The molecule has 0 saturated heterocycles. The summed E-state index contributed by atoms with van der Waals surface area (Å²) in [6, 6.07) is 7.77. The monoisotopic (exact) mass is 328 g/mol. The first-order chi connectivity index (χ1) is 10.6. The Morgan fingerprint density at radius 1 is 1.05 bits per heavy atom. The summed E-state index contributed by atoms with van der Waals surface area (Å²) < 4.78 is 2.03. The number of fused-ring (bicyclic) bond motifs is 3. The fourth-order valence-corrected chi connectivity index (χ4v) is 4.01. The van der Waals surface area contributed by atoms with Crippen molar-refractivity contribution in [3.8, 4) is 11.3 Å². The molecule has 0 aliphatic rings. The van der Waals surface area contributed by atoms with E-state index in [2.05, 4.69) is 24.0 Å². The minimum Gasteiger partial charge on any atom is -0.254 e. The second-order valence-electron chi connectivity index (χ2n) is 5.31. The van der Waals surface area contributed by atoms with E-state index < -0.39 is 0 Å². The van der Waals surface area contributed by atoms with Gasteiger partial charge in [0.05, 0.1) is 5.69 Å². The molecule has 0 unspecified atom stereocenters. The van der Waals surface area contributed by atoms with Gasteiger partial charge in [0.2, 0.25) is 0 Å². The van der Waals surface area contributed by atoms with E-state index in [1.807, 2.05) is 35.6 Å². The third-order valence-corrected chi connectivity index (χ3v) is 5.39. The van der Waals surface area contributed by atoms with Crippen molar-refractivity contribution in [1.29, 1.82) is 0 Å². The van der Waals surface area contributed by atoms with E-state index in [4.69, 9.17) is 16.6 Å². The van der Waals surface area contributed by atoms with Gasteiger partial charge in [0, 0.05) is 20.8 Å². The first-order valence-electron chi connectivity index (χ1n) is 6.93.